The molecule has 1 fully saturated rings. The molecular formula is C14H20FNO2. The Morgan fingerprint density at radius 3 is 2.72 bits per heavy atom. The molecule has 0 aliphatic carbocycles. The van der Waals surface area contributed by atoms with Crippen LogP contribution in [0.25, 0.3) is 0 Å². The minimum absolute atomic E-state index is 0.207. The van der Waals surface area contributed by atoms with Gasteiger partial charge < -0.3 is 14.4 Å². The Morgan fingerprint density at radius 1 is 1.22 bits per heavy atom. The van der Waals surface area contributed by atoms with Crippen molar-refractivity contribution in [2.24, 2.45) is 0 Å². The molecule has 1 saturated heterocycles. The molecule has 0 spiro atoms. The normalized spacial score (nSPS) is 15.1. The highest BCUT2D eigenvalue weighted by molar-refractivity contribution is 5.59. The van der Waals surface area contributed by atoms with Crippen LogP contribution in [-0.4, -0.2) is 33.4 Å². The van der Waals surface area contributed by atoms with E-state index in [0.29, 0.717) is 13.2 Å². The summed E-state index contributed by atoms with van der Waals surface area (Å²) in [6.07, 6.45) is 3.17. The first-order valence-corrected chi connectivity index (χ1v) is 6.47. The highest BCUT2D eigenvalue weighted by Crippen LogP contribution is 2.31. The molecule has 2 rings (SSSR count). The standard InChI is InChI=1S/C14H20FNO2/c1-17-9-4-10-18-14-6-5-12(15)11-13(14)16-7-2-3-8-16/h5-6,11H,2-4,7-10H2,1H3. The van der Waals surface area contributed by atoms with Crippen molar-refractivity contribution in [2.75, 3.05) is 38.3 Å². The zero-order chi connectivity index (χ0) is 12.8. The van der Waals surface area contributed by atoms with E-state index in [1.165, 1.54) is 18.9 Å². The van der Waals surface area contributed by atoms with Crippen LogP contribution in [0.5, 0.6) is 5.75 Å². The molecule has 0 amide bonds. The lowest BCUT2D eigenvalue weighted by Gasteiger charge is -2.21. The summed E-state index contributed by atoms with van der Waals surface area (Å²) >= 11 is 0. The third-order valence-electron chi connectivity index (χ3n) is 3.12. The van der Waals surface area contributed by atoms with E-state index in [9.17, 15) is 4.39 Å². The van der Waals surface area contributed by atoms with E-state index >= 15 is 0 Å². The fraction of sp³-hybridized carbons (Fsp3) is 0.571. The van der Waals surface area contributed by atoms with Crippen molar-refractivity contribution in [3.8, 4) is 5.75 Å². The van der Waals surface area contributed by atoms with Crippen LogP contribution in [0.15, 0.2) is 18.2 Å². The van der Waals surface area contributed by atoms with Crippen molar-refractivity contribution in [2.45, 2.75) is 19.3 Å². The van der Waals surface area contributed by atoms with Gasteiger partial charge >= 0.3 is 0 Å². The molecule has 0 unspecified atom stereocenters. The van der Waals surface area contributed by atoms with E-state index in [1.807, 2.05) is 0 Å². The lowest BCUT2D eigenvalue weighted by molar-refractivity contribution is 0.172. The van der Waals surface area contributed by atoms with Gasteiger partial charge in [-0.25, -0.2) is 4.39 Å². The predicted molar refractivity (Wildman–Crippen MR) is 69.8 cm³/mol. The molecule has 1 aromatic rings. The van der Waals surface area contributed by atoms with E-state index < -0.39 is 0 Å². The molecule has 0 aromatic heterocycles. The van der Waals surface area contributed by atoms with E-state index in [-0.39, 0.29) is 5.82 Å². The minimum Gasteiger partial charge on any atom is -0.491 e. The average molecular weight is 253 g/mol. The fourth-order valence-electron chi connectivity index (χ4n) is 2.20. The van der Waals surface area contributed by atoms with Crippen LogP contribution < -0.4 is 9.64 Å². The summed E-state index contributed by atoms with van der Waals surface area (Å²) in [5.74, 6) is 0.565. The number of hydrogen-bond donors (Lipinski definition) is 0. The molecule has 0 saturated carbocycles. The first kappa shape index (κ1) is 13.1. The Labute approximate surface area is 107 Å². The number of hydrogen-bond acceptors (Lipinski definition) is 3. The fourth-order valence-corrected chi connectivity index (χ4v) is 2.20. The van der Waals surface area contributed by atoms with Gasteiger partial charge in [0.2, 0.25) is 0 Å². The van der Waals surface area contributed by atoms with Gasteiger partial charge in [-0.1, -0.05) is 0 Å². The van der Waals surface area contributed by atoms with Crippen LogP contribution >= 0.6 is 0 Å². The third-order valence-corrected chi connectivity index (χ3v) is 3.12. The molecular weight excluding hydrogens is 233 g/mol. The molecule has 100 valence electrons. The van der Waals surface area contributed by atoms with Gasteiger partial charge in [-0.2, -0.15) is 0 Å². The first-order chi connectivity index (χ1) is 8.81. The number of ether oxygens (including phenoxy) is 2. The lowest BCUT2D eigenvalue weighted by atomic mass is 10.2. The van der Waals surface area contributed by atoms with E-state index in [1.54, 1.807) is 19.2 Å². The summed E-state index contributed by atoms with van der Waals surface area (Å²) in [5, 5.41) is 0. The lowest BCUT2D eigenvalue weighted by Crippen LogP contribution is -2.19. The van der Waals surface area contributed by atoms with Crippen molar-refractivity contribution >= 4 is 5.69 Å². The number of benzene rings is 1. The quantitative estimate of drug-likeness (QED) is 0.728. The van der Waals surface area contributed by atoms with Gasteiger partial charge in [0.1, 0.15) is 11.6 Å². The van der Waals surface area contributed by atoms with E-state index in [2.05, 4.69) is 4.90 Å². The first-order valence-electron chi connectivity index (χ1n) is 6.47. The number of methoxy groups -OCH3 is 1. The summed E-state index contributed by atoms with van der Waals surface area (Å²) in [4.78, 5) is 2.19. The zero-order valence-corrected chi connectivity index (χ0v) is 10.8. The van der Waals surface area contributed by atoms with Crippen molar-refractivity contribution in [3.63, 3.8) is 0 Å². The highest BCUT2D eigenvalue weighted by atomic mass is 19.1. The van der Waals surface area contributed by atoms with Crippen LogP contribution in [0.3, 0.4) is 0 Å². The van der Waals surface area contributed by atoms with Crippen LogP contribution in [0.1, 0.15) is 19.3 Å². The van der Waals surface area contributed by atoms with Crippen LogP contribution in [0.2, 0.25) is 0 Å². The monoisotopic (exact) mass is 253 g/mol. The Bertz CT molecular complexity index is 378. The van der Waals surface area contributed by atoms with Gasteiger partial charge in [0, 0.05) is 39.3 Å². The molecule has 0 radical (unpaired) electrons. The third kappa shape index (κ3) is 3.35. The van der Waals surface area contributed by atoms with E-state index in [4.69, 9.17) is 9.47 Å². The molecule has 1 aromatic carbocycles. The second-order valence-electron chi connectivity index (χ2n) is 4.50. The zero-order valence-electron chi connectivity index (χ0n) is 10.8. The summed E-state index contributed by atoms with van der Waals surface area (Å²) < 4.78 is 24.0. The Hall–Kier alpha value is -1.29. The van der Waals surface area contributed by atoms with Gasteiger partial charge in [-0.15, -0.1) is 0 Å². The number of nitrogens with zero attached hydrogens (tertiary/aromatic N) is 1. The Morgan fingerprint density at radius 2 is 2.00 bits per heavy atom. The molecule has 1 aliphatic heterocycles. The molecule has 3 nitrogen and oxygen atoms in total. The summed E-state index contributed by atoms with van der Waals surface area (Å²) in [6, 6.07) is 4.73. The molecule has 18 heavy (non-hydrogen) atoms. The van der Waals surface area contributed by atoms with Crippen molar-refractivity contribution in [1.82, 2.24) is 0 Å². The Balaban J connectivity index is 2.03. The van der Waals surface area contributed by atoms with Crippen LogP contribution in [0, 0.1) is 5.82 Å². The molecule has 1 heterocycles. The number of halogens is 1. The molecule has 1 aliphatic rings. The maximum absolute atomic E-state index is 13.3. The SMILES string of the molecule is COCCCOc1ccc(F)cc1N1CCCC1. The summed E-state index contributed by atoms with van der Waals surface area (Å²) in [6.45, 7) is 3.25. The van der Waals surface area contributed by atoms with Crippen molar-refractivity contribution in [3.05, 3.63) is 24.0 Å². The number of anilines is 1. The Kier molecular flexibility index (Phi) is 4.81. The summed E-state index contributed by atoms with van der Waals surface area (Å²) in [5.41, 5.74) is 0.880. The smallest absolute Gasteiger partial charge is 0.142 e. The van der Waals surface area contributed by atoms with Gasteiger partial charge in [0.15, 0.2) is 0 Å². The minimum atomic E-state index is -0.207. The van der Waals surface area contributed by atoms with Gasteiger partial charge in [-0.3, -0.25) is 0 Å². The van der Waals surface area contributed by atoms with Gasteiger partial charge in [0.05, 0.1) is 12.3 Å². The second kappa shape index (κ2) is 6.59. The molecule has 0 bridgehead atoms. The summed E-state index contributed by atoms with van der Waals surface area (Å²) in [7, 11) is 1.67. The van der Waals surface area contributed by atoms with Gasteiger partial charge in [0.25, 0.3) is 0 Å². The van der Waals surface area contributed by atoms with Crippen LogP contribution in [-0.2, 0) is 4.74 Å². The van der Waals surface area contributed by atoms with E-state index in [0.717, 1.165) is 30.9 Å². The molecule has 0 atom stereocenters. The molecule has 4 heteroatoms. The largest absolute Gasteiger partial charge is 0.491 e. The average Bonchev–Trinajstić information content (AvgIpc) is 2.90. The second-order valence-corrected chi connectivity index (χ2v) is 4.50. The molecule has 0 N–H and O–H groups in total. The maximum Gasteiger partial charge on any atom is 0.142 e. The van der Waals surface area contributed by atoms with Crippen molar-refractivity contribution < 1.29 is 13.9 Å². The topological polar surface area (TPSA) is 21.7 Å². The van der Waals surface area contributed by atoms with Crippen molar-refractivity contribution in [1.29, 1.82) is 0 Å². The maximum atomic E-state index is 13.3. The van der Waals surface area contributed by atoms with Gasteiger partial charge in [-0.05, 0) is 25.0 Å². The van der Waals surface area contributed by atoms with Crippen LogP contribution in [0.4, 0.5) is 10.1 Å². The highest BCUT2D eigenvalue weighted by Gasteiger charge is 2.17. The predicted octanol–water partition coefficient (Wildman–Crippen LogP) is 2.84. The number of rotatable bonds is 6.